The Balaban J connectivity index is 1.74. The first-order valence-electron chi connectivity index (χ1n) is 8.10. The van der Waals surface area contributed by atoms with Crippen molar-refractivity contribution in [3.8, 4) is 5.75 Å². The van der Waals surface area contributed by atoms with E-state index in [4.69, 9.17) is 4.74 Å². The van der Waals surface area contributed by atoms with Crippen LogP contribution < -0.4 is 4.74 Å². The molecule has 0 aliphatic carbocycles. The van der Waals surface area contributed by atoms with Crippen molar-refractivity contribution in [2.75, 3.05) is 33.8 Å². The predicted octanol–water partition coefficient (Wildman–Crippen LogP) is 2.52. The van der Waals surface area contributed by atoms with Gasteiger partial charge in [-0.05, 0) is 20.0 Å². The number of carbonyl (C=O) groups is 1. The lowest BCUT2D eigenvalue weighted by molar-refractivity contribution is -0.133. The van der Waals surface area contributed by atoms with Crippen molar-refractivity contribution in [3.63, 3.8) is 0 Å². The summed E-state index contributed by atoms with van der Waals surface area (Å²) < 4.78 is 5.50. The Morgan fingerprint density at radius 2 is 2.17 bits per heavy atom. The first kappa shape index (κ1) is 16.9. The second-order valence-corrected chi connectivity index (χ2v) is 7.17. The molecule has 1 saturated heterocycles. The predicted molar refractivity (Wildman–Crippen MR) is 95.5 cm³/mol. The van der Waals surface area contributed by atoms with Crippen LogP contribution in [0, 0.1) is 6.92 Å². The van der Waals surface area contributed by atoms with Gasteiger partial charge >= 0.3 is 0 Å². The fraction of sp³-hybridized carbons (Fsp3) is 0.444. The molecule has 1 amide bonds. The van der Waals surface area contributed by atoms with Gasteiger partial charge in [-0.15, -0.1) is 11.3 Å². The van der Waals surface area contributed by atoms with E-state index in [9.17, 15) is 4.79 Å². The molecule has 0 saturated carbocycles. The van der Waals surface area contributed by atoms with Gasteiger partial charge in [0.25, 0.3) is 0 Å². The summed E-state index contributed by atoms with van der Waals surface area (Å²) in [6, 6.07) is 8.19. The van der Waals surface area contributed by atoms with Crippen LogP contribution in [0.2, 0.25) is 0 Å². The number of likely N-dealkylation sites (N-methyl/N-ethyl adjacent to an activating group) is 1. The molecular formula is C18H23N3O2S. The number of hydrogen-bond donors (Lipinski definition) is 0. The molecule has 6 heteroatoms. The van der Waals surface area contributed by atoms with Gasteiger partial charge in [0, 0.05) is 30.6 Å². The average molecular weight is 345 g/mol. The van der Waals surface area contributed by atoms with E-state index in [2.05, 4.69) is 23.0 Å². The molecular weight excluding hydrogens is 322 g/mol. The van der Waals surface area contributed by atoms with Gasteiger partial charge in [0.15, 0.2) is 0 Å². The molecule has 0 bridgehead atoms. The number of nitrogens with zero attached hydrogens (tertiary/aromatic N) is 3. The van der Waals surface area contributed by atoms with E-state index < -0.39 is 0 Å². The minimum Gasteiger partial charge on any atom is -0.496 e. The number of hydrogen-bond acceptors (Lipinski definition) is 5. The number of thiazole rings is 1. The smallest absolute Gasteiger partial charge is 0.228 e. The van der Waals surface area contributed by atoms with E-state index in [-0.39, 0.29) is 11.9 Å². The summed E-state index contributed by atoms with van der Waals surface area (Å²) in [5.74, 6) is 1.02. The second-order valence-electron chi connectivity index (χ2n) is 6.11. The number of carbonyl (C=O) groups excluding carboxylic acids is 1. The molecule has 2 heterocycles. The summed E-state index contributed by atoms with van der Waals surface area (Å²) in [7, 11) is 3.79. The molecule has 1 atom stereocenters. The third-order valence-corrected chi connectivity index (χ3v) is 5.32. The summed E-state index contributed by atoms with van der Waals surface area (Å²) in [4.78, 5) is 21.3. The van der Waals surface area contributed by atoms with Crippen molar-refractivity contribution in [1.82, 2.24) is 14.8 Å². The molecule has 128 valence electrons. The maximum absolute atomic E-state index is 12.7. The highest BCUT2D eigenvalue weighted by Crippen LogP contribution is 2.31. The average Bonchev–Trinajstić information content (AvgIpc) is 3.00. The molecule has 1 aliphatic heterocycles. The first-order valence-corrected chi connectivity index (χ1v) is 8.98. The summed E-state index contributed by atoms with van der Waals surface area (Å²) >= 11 is 1.59. The molecule has 1 aromatic heterocycles. The van der Waals surface area contributed by atoms with E-state index in [0.29, 0.717) is 13.0 Å². The largest absolute Gasteiger partial charge is 0.496 e. The zero-order chi connectivity index (χ0) is 17.1. The molecule has 1 fully saturated rings. The quantitative estimate of drug-likeness (QED) is 0.854. The van der Waals surface area contributed by atoms with Crippen LogP contribution in [-0.2, 0) is 11.2 Å². The Morgan fingerprint density at radius 3 is 2.88 bits per heavy atom. The van der Waals surface area contributed by atoms with Crippen LogP contribution in [0.15, 0.2) is 29.6 Å². The van der Waals surface area contributed by atoms with Gasteiger partial charge in [-0.1, -0.05) is 18.2 Å². The molecule has 0 unspecified atom stereocenters. The van der Waals surface area contributed by atoms with Gasteiger partial charge in [-0.25, -0.2) is 4.98 Å². The summed E-state index contributed by atoms with van der Waals surface area (Å²) in [5.41, 5.74) is 2.00. The van der Waals surface area contributed by atoms with Gasteiger partial charge in [0.05, 0.1) is 30.3 Å². The maximum Gasteiger partial charge on any atom is 0.228 e. The minimum atomic E-state index is 0.147. The van der Waals surface area contributed by atoms with Gasteiger partial charge in [-0.3, -0.25) is 9.69 Å². The highest BCUT2D eigenvalue weighted by Gasteiger charge is 2.30. The fourth-order valence-electron chi connectivity index (χ4n) is 3.13. The molecule has 0 radical (unpaired) electrons. The lowest BCUT2D eigenvalue weighted by Crippen LogP contribution is -2.49. The van der Waals surface area contributed by atoms with E-state index in [0.717, 1.165) is 35.1 Å². The Kier molecular flexibility index (Phi) is 5.16. The first-order chi connectivity index (χ1) is 11.6. The SMILES string of the molecule is COc1ccccc1[C@H]1CN(C(=O)Cc2csc(C)n2)CCN1C. The van der Waals surface area contributed by atoms with Crippen LogP contribution in [0.25, 0.3) is 0 Å². The lowest BCUT2D eigenvalue weighted by Gasteiger charge is -2.40. The van der Waals surface area contributed by atoms with Crippen molar-refractivity contribution in [2.45, 2.75) is 19.4 Å². The second kappa shape index (κ2) is 7.32. The summed E-state index contributed by atoms with van der Waals surface area (Å²) in [5, 5.41) is 2.98. The molecule has 5 nitrogen and oxygen atoms in total. The van der Waals surface area contributed by atoms with Gasteiger partial charge < -0.3 is 9.64 Å². The number of piperazine rings is 1. The molecule has 1 aromatic carbocycles. The number of methoxy groups -OCH3 is 1. The van der Waals surface area contributed by atoms with Gasteiger partial charge in [0.2, 0.25) is 5.91 Å². The molecule has 24 heavy (non-hydrogen) atoms. The minimum absolute atomic E-state index is 0.147. The van der Waals surface area contributed by atoms with Crippen LogP contribution in [0.4, 0.5) is 0 Å². The van der Waals surface area contributed by atoms with Crippen molar-refractivity contribution in [2.24, 2.45) is 0 Å². The van der Waals surface area contributed by atoms with Crippen molar-refractivity contribution in [3.05, 3.63) is 45.9 Å². The molecule has 2 aromatic rings. The van der Waals surface area contributed by atoms with E-state index >= 15 is 0 Å². The number of amides is 1. The molecule has 3 rings (SSSR count). The monoisotopic (exact) mass is 345 g/mol. The number of aromatic nitrogens is 1. The maximum atomic E-state index is 12.7. The zero-order valence-electron chi connectivity index (χ0n) is 14.4. The Labute approximate surface area is 146 Å². The third kappa shape index (κ3) is 3.60. The number of aryl methyl sites for hydroxylation is 1. The highest BCUT2D eigenvalue weighted by atomic mass is 32.1. The fourth-order valence-corrected chi connectivity index (χ4v) is 3.75. The van der Waals surface area contributed by atoms with Crippen molar-refractivity contribution in [1.29, 1.82) is 0 Å². The summed E-state index contributed by atoms with van der Waals surface area (Å²) in [6.07, 6.45) is 0.382. The lowest BCUT2D eigenvalue weighted by atomic mass is 10.0. The van der Waals surface area contributed by atoms with E-state index in [1.165, 1.54) is 0 Å². The Hall–Kier alpha value is -1.92. The summed E-state index contributed by atoms with van der Waals surface area (Å²) in [6.45, 7) is 4.25. The Bertz CT molecular complexity index is 716. The van der Waals surface area contributed by atoms with Crippen molar-refractivity contribution >= 4 is 17.2 Å². The van der Waals surface area contributed by atoms with Gasteiger partial charge in [-0.2, -0.15) is 0 Å². The number of para-hydroxylation sites is 1. The number of ether oxygens (including phenoxy) is 1. The van der Waals surface area contributed by atoms with Crippen LogP contribution in [0.5, 0.6) is 5.75 Å². The molecule has 0 spiro atoms. The zero-order valence-corrected chi connectivity index (χ0v) is 15.2. The van der Waals surface area contributed by atoms with E-state index in [1.54, 1.807) is 18.4 Å². The third-order valence-electron chi connectivity index (χ3n) is 4.50. The standard InChI is InChI=1S/C18H23N3O2S/c1-13-19-14(12-24-13)10-18(22)21-9-8-20(2)16(11-21)15-6-4-5-7-17(15)23-3/h4-7,12,16H,8-11H2,1-3H3/t16-/m1/s1. The van der Waals surface area contributed by atoms with Crippen LogP contribution in [0.3, 0.4) is 0 Å². The van der Waals surface area contributed by atoms with Crippen LogP contribution in [0.1, 0.15) is 22.3 Å². The Morgan fingerprint density at radius 1 is 1.38 bits per heavy atom. The number of benzene rings is 1. The topological polar surface area (TPSA) is 45.7 Å². The number of rotatable bonds is 4. The van der Waals surface area contributed by atoms with Crippen molar-refractivity contribution < 1.29 is 9.53 Å². The van der Waals surface area contributed by atoms with Gasteiger partial charge in [0.1, 0.15) is 5.75 Å². The highest BCUT2D eigenvalue weighted by molar-refractivity contribution is 7.09. The van der Waals surface area contributed by atoms with Crippen LogP contribution >= 0.6 is 11.3 Å². The normalized spacial score (nSPS) is 18.6. The van der Waals surface area contributed by atoms with E-state index in [1.807, 2.05) is 35.4 Å². The van der Waals surface area contributed by atoms with Crippen LogP contribution in [-0.4, -0.2) is 54.5 Å². The molecule has 1 aliphatic rings. The molecule has 0 N–H and O–H groups in total.